The maximum absolute atomic E-state index is 13.9. The predicted octanol–water partition coefficient (Wildman–Crippen LogP) is 2.16. The Balaban J connectivity index is 1.81. The molecule has 0 saturated carbocycles. The number of halogens is 1. The summed E-state index contributed by atoms with van der Waals surface area (Å²) in [5.74, 6) is 0.826. The molecule has 1 saturated heterocycles. The lowest BCUT2D eigenvalue weighted by molar-refractivity contribution is 0.161. The van der Waals surface area contributed by atoms with E-state index < -0.39 is 5.82 Å². The lowest BCUT2D eigenvalue weighted by atomic mass is 10.1. The molecule has 0 bridgehead atoms. The Kier molecular flexibility index (Phi) is 4.66. The number of anilines is 1. The van der Waals surface area contributed by atoms with Gasteiger partial charge < -0.3 is 14.4 Å². The lowest BCUT2D eigenvalue weighted by Crippen LogP contribution is -2.23. The van der Waals surface area contributed by atoms with Crippen LogP contribution in [0.4, 0.5) is 10.3 Å². The molecule has 0 spiro atoms. The Hall–Kier alpha value is -2.28. The molecule has 2 heterocycles. The molecule has 2 aromatic rings. The highest BCUT2D eigenvalue weighted by Crippen LogP contribution is 2.26. The summed E-state index contributed by atoms with van der Waals surface area (Å²) in [4.78, 5) is 6.60. The van der Waals surface area contributed by atoms with Gasteiger partial charge in [-0.15, -0.1) is 5.10 Å². The van der Waals surface area contributed by atoms with E-state index in [2.05, 4.69) is 20.1 Å². The molecular weight excluding hydrogens is 299 g/mol. The van der Waals surface area contributed by atoms with E-state index in [1.54, 1.807) is 19.2 Å². The predicted molar refractivity (Wildman–Crippen MR) is 84.0 cm³/mol. The maximum atomic E-state index is 13.9. The minimum Gasteiger partial charge on any atom is -0.494 e. The maximum Gasteiger partial charge on any atom is 0.245 e. The average molecular weight is 318 g/mol. The topological polar surface area (TPSA) is 60.4 Å². The zero-order chi connectivity index (χ0) is 16.2. The lowest BCUT2D eigenvalue weighted by Gasteiger charge is -2.16. The van der Waals surface area contributed by atoms with Gasteiger partial charge in [-0.25, -0.2) is 9.37 Å². The van der Waals surface area contributed by atoms with Crippen molar-refractivity contribution in [2.24, 2.45) is 5.92 Å². The van der Waals surface area contributed by atoms with Gasteiger partial charge in [0.25, 0.3) is 0 Å². The normalized spacial score (nSPS) is 17.5. The second-order valence-corrected chi connectivity index (χ2v) is 5.55. The van der Waals surface area contributed by atoms with Crippen LogP contribution in [0.1, 0.15) is 6.42 Å². The summed E-state index contributed by atoms with van der Waals surface area (Å²) in [6, 6.07) is 4.73. The van der Waals surface area contributed by atoms with E-state index in [4.69, 9.17) is 9.47 Å². The van der Waals surface area contributed by atoms with Crippen molar-refractivity contribution in [1.82, 2.24) is 15.2 Å². The SMILES string of the molecule is COC[C@H]1CCN(c2nncc(-c3ccc(OC)c(F)c3)n2)C1. The van der Waals surface area contributed by atoms with E-state index in [9.17, 15) is 4.39 Å². The van der Waals surface area contributed by atoms with E-state index in [0.717, 1.165) is 26.1 Å². The molecule has 3 rings (SSSR count). The molecule has 0 N–H and O–H groups in total. The first kappa shape index (κ1) is 15.6. The molecule has 0 unspecified atom stereocenters. The molecular formula is C16H19FN4O2. The number of ether oxygens (including phenoxy) is 2. The molecule has 1 atom stereocenters. The Morgan fingerprint density at radius 1 is 1.35 bits per heavy atom. The van der Waals surface area contributed by atoms with Gasteiger partial charge in [-0.2, -0.15) is 5.10 Å². The molecule has 1 aliphatic heterocycles. The smallest absolute Gasteiger partial charge is 0.245 e. The summed E-state index contributed by atoms with van der Waals surface area (Å²) in [7, 11) is 3.14. The van der Waals surface area contributed by atoms with Crippen molar-refractivity contribution in [1.29, 1.82) is 0 Å². The van der Waals surface area contributed by atoms with Crippen LogP contribution in [0.15, 0.2) is 24.4 Å². The number of hydrogen-bond acceptors (Lipinski definition) is 6. The van der Waals surface area contributed by atoms with E-state index in [1.165, 1.54) is 19.4 Å². The van der Waals surface area contributed by atoms with Crippen LogP contribution < -0.4 is 9.64 Å². The van der Waals surface area contributed by atoms with Crippen LogP contribution in [0.25, 0.3) is 11.3 Å². The largest absolute Gasteiger partial charge is 0.494 e. The molecule has 1 aromatic carbocycles. The van der Waals surface area contributed by atoms with Crippen LogP contribution in [-0.2, 0) is 4.74 Å². The van der Waals surface area contributed by atoms with Crippen molar-refractivity contribution >= 4 is 5.95 Å². The second-order valence-electron chi connectivity index (χ2n) is 5.55. The summed E-state index contributed by atoms with van der Waals surface area (Å²) < 4.78 is 24.0. The Morgan fingerprint density at radius 3 is 2.96 bits per heavy atom. The third-order valence-corrected chi connectivity index (χ3v) is 3.97. The molecule has 122 valence electrons. The van der Waals surface area contributed by atoms with Crippen molar-refractivity contribution in [2.75, 3.05) is 38.8 Å². The summed E-state index contributed by atoms with van der Waals surface area (Å²) >= 11 is 0. The number of aromatic nitrogens is 3. The molecule has 1 aromatic heterocycles. The number of methoxy groups -OCH3 is 2. The van der Waals surface area contributed by atoms with Crippen LogP contribution in [0.2, 0.25) is 0 Å². The average Bonchev–Trinajstić information content (AvgIpc) is 3.04. The fourth-order valence-electron chi connectivity index (χ4n) is 2.78. The highest BCUT2D eigenvalue weighted by molar-refractivity contribution is 5.60. The van der Waals surface area contributed by atoms with Gasteiger partial charge in [0.15, 0.2) is 11.6 Å². The third-order valence-electron chi connectivity index (χ3n) is 3.97. The molecule has 1 fully saturated rings. The van der Waals surface area contributed by atoms with Gasteiger partial charge in [0.05, 0.1) is 25.6 Å². The van der Waals surface area contributed by atoms with Crippen LogP contribution in [-0.4, -0.2) is 49.1 Å². The van der Waals surface area contributed by atoms with E-state index >= 15 is 0 Å². The molecule has 23 heavy (non-hydrogen) atoms. The standard InChI is InChI=1S/C16H19FN4O2/c1-22-10-11-5-6-21(9-11)16-19-14(8-18-20-16)12-3-4-15(23-2)13(17)7-12/h3-4,7-8,11H,5-6,9-10H2,1-2H3/t11-/m0/s1. The van der Waals surface area contributed by atoms with Gasteiger partial charge in [-0.3, -0.25) is 0 Å². The van der Waals surface area contributed by atoms with Crippen molar-refractivity contribution in [3.8, 4) is 17.0 Å². The molecule has 1 aliphatic rings. The number of rotatable bonds is 5. The van der Waals surface area contributed by atoms with E-state index in [1.807, 2.05) is 0 Å². The van der Waals surface area contributed by atoms with Gasteiger partial charge >= 0.3 is 0 Å². The zero-order valence-electron chi connectivity index (χ0n) is 13.2. The summed E-state index contributed by atoms with van der Waals surface area (Å²) in [6.45, 7) is 2.44. The zero-order valence-corrected chi connectivity index (χ0v) is 13.2. The first-order valence-electron chi connectivity index (χ1n) is 7.48. The van der Waals surface area contributed by atoms with Crippen molar-refractivity contribution in [2.45, 2.75) is 6.42 Å². The van der Waals surface area contributed by atoms with Crippen LogP contribution in [0, 0.1) is 11.7 Å². The summed E-state index contributed by atoms with van der Waals surface area (Å²) in [5.41, 5.74) is 1.24. The van der Waals surface area contributed by atoms with Gasteiger partial charge in [0.2, 0.25) is 5.95 Å². The highest BCUT2D eigenvalue weighted by atomic mass is 19.1. The fraction of sp³-hybridized carbons (Fsp3) is 0.438. The second kappa shape index (κ2) is 6.87. The third kappa shape index (κ3) is 3.39. The van der Waals surface area contributed by atoms with Gasteiger partial charge in [0.1, 0.15) is 0 Å². The van der Waals surface area contributed by atoms with E-state index in [0.29, 0.717) is 23.1 Å². The van der Waals surface area contributed by atoms with Crippen LogP contribution in [0.5, 0.6) is 5.75 Å². The molecule has 0 radical (unpaired) electrons. The van der Waals surface area contributed by atoms with Gasteiger partial charge in [-0.1, -0.05) is 0 Å². The molecule has 7 heteroatoms. The Labute approximate surface area is 134 Å². The van der Waals surface area contributed by atoms with Crippen molar-refractivity contribution in [3.63, 3.8) is 0 Å². The first-order valence-corrected chi connectivity index (χ1v) is 7.48. The number of benzene rings is 1. The number of hydrogen-bond donors (Lipinski definition) is 0. The minimum absolute atomic E-state index is 0.206. The molecule has 0 amide bonds. The van der Waals surface area contributed by atoms with E-state index in [-0.39, 0.29) is 5.75 Å². The Morgan fingerprint density at radius 2 is 2.22 bits per heavy atom. The summed E-state index contributed by atoms with van der Waals surface area (Å²) in [6.07, 6.45) is 2.58. The van der Waals surface area contributed by atoms with Crippen LogP contribution >= 0.6 is 0 Å². The molecule has 6 nitrogen and oxygen atoms in total. The highest BCUT2D eigenvalue weighted by Gasteiger charge is 2.24. The number of nitrogens with zero attached hydrogens (tertiary/aromatic N) is 4. The van der Waals surface area contributed by atoms with Gasteiger partial charge in [0, 0.05) is 31.7 Å². The minimum atomic E-state index is -0.425. The quantitative estimate of drug-likeness (QED) is 0.842. The Bertz CT molecular complexity index is 683. The van der Waals surface area contributed by atoms with Crippen LogP contribution in [0.3, 0.4) is 0 Å². The first-order chi connectivity index (χ1) is 11.2. The van der Waals surface area contributed by atoms with Gasteiger partial charge in [-0.05, 0) is 24.6 Å². The monoisotopic (exact) mass is 318 g/mol. The van der Waals surface area contributed by atoms with Crippen molar-refractivity contribution in [3.05, 3.63) is 30.2 Å². The summed E-state index contributed by atoms with van der Waals surface area (Å²) in [5, 5.41) is 8.11. The fourth-order valence-corrected chi connectivity index (χ4v) is 2.78. The molecule has 0 aliphatic carbocycles. The van der Waals surface area contributed by atoms with Crippen molar-refractivity contribution < 1.29 is 13.9 Å².